The van der Waals surface area contributed by atoms with Crippen LogP contribution in [0.2, 0.25) is 5.22 Å². The van der Waals surface area contributed by atoms with E-state index in [9.17, 15) is 0 Å². The van der Waals surface area contributed by atoms with Gasteiger partial charge in [-0.2, -0.15) is 0 Å². The number of hydrogen-bond donors (Lipinski definition) is 2. The summed E-state index contributed by atoms with van der Waals surface area (Å²) >= 11 is 5.62. The molecule has 70 valence electrons. The smallest absolute Gasteiger partial charge is 0.193 e. The van der Waals surface area contributed by atoms with Crippen LogP contribution in [0.25, 0.3) is 0 Å². The van der Waals surface area contributed by atoms with Crippen molar-refractivity contribution in [2.45, 2.75) is 18.9 Å². The topological polar surface area (TPSA) is 51.2 Å². The molecule has 1 aromatic heterocycles. The van der Waals surface area contributed by atoms with E-state index in [1.54, 1.807) is 12.1 Å². The second kappa shape index (κ2) is 4.93. The third-order valence-electron chi connectivity index (χ3n) is 1.72. The Hall–Kier alpha value is -0.950. The molecule has 3 N–H and O–H groups in total. The normalized spacial score (nSPS) is 12.4. The molecule has 0 amide bonds. The summed E-state index contributed by atoms with van der Waals surface area (Å²) < 4.78 is 5.19. The fourth-order valence-corrected chi connectivity index (χ4v) is 1.20. The lowest BCUT2D eigenvalue weighted by molar-refractivity contribution is 0.405. The van der Waals surface area contributed by atoms with E-state index in [2.05, 4.69) is 11.3 Å². The van der Waals surface area contributed by atoms with Gasteiger partial charge in [-0.15, -0.1) is 12.3 Å². The maximum Gasteiger partial charge on any atom is 0.193 e. The molecule has 0 saturated heterocycles. The number of nitrogens with two attached hydrogens (primary N) is 1. The fourth-order valence-electron chi connectivity index (χ4n) is 1.05. The molecule has 1 rings (SSSR count). The third kappa shape index (κ3) is 2.78. The monoisotopic (exact) mass is 198 g/mol. The van der Waals surface area contributed by atoms with E-state index in [-0.39, 0.29) is 6.04 Å². The highest BCUT2D eigenvalue weighted by atomic mass is 35.5. The largest absolute Gasteiger partial charge is 0.448 e. The van der Waals surface area contributed by atoms with Crippen LogP contribution < -0.4 is 11.3 Å². The van der Waals surface area contributed by atoms with Crippen LogP contribution in [0.5, 0.6) is 0 Å². The number of hydrogen-bond acceptors (Lipinski definition) is 3. The van der Waals surface area contributed by atoms with Crippen molar-refractivity contribution < 1.29 is 4.42 Å². The van der Waals surface area contributed by atoms with Crippen LogP contribution in [0.1, 0.15) is 24.6 Å². The Morgan fingerprint density at radius 1 is 1.69 bits per heavy atom. The van der Waals surface area contributed by atoms with Gasteiger partial charge < -0.3 is 4.42 Å². The molecule has 0 aliphatic carbocycles. The fraction of sp³-hybridized carbons (Fsp3) is 0.333. The van der Waals surface area contributed by atoms with Crippen molar-refractivity contribution in [2.75, 3.05) is 0 Å². The number of hydrazine groups is 1. The van der Waals surface area contributed by atoms with Crippen LogP contribution in [0, 0.1) is 12.3 Å². The minimum atomic E-state index is -0.0662. The Morgan fingerprint density at radius 3 is 2.92 bits per heavy atom. The van der Waals surface area contributed by atoms with Crippen LogP contribution in [-0.4, -0.2) is 0 Å². The van der Waals surface area contributed by atoms with Gasteiger partial charge >= 0.3 is 0 Å². The lowest BCUT2D eigenvalue weighted by Gasteiger charge is -2.10. The maximum absolute atomic E-state index is 5.62. The molecule has 1 aromatic rings. The highest BCUT2D eigenvalue weighted by Crippen LogP contribution is 2.22. The summed E-state index contributed by atoms with van der Waals surface area (Å²) in [7, 11) is 0. The van der Waals surface area contributed by atoms with Gasteiger partial charge in [-0.25, -0.2) is 5.43 Å². The minimum absolute atomic E-state index is 0.0662. The van der Waals surface area contributed by atoms with Crippen molar-refractivity contribution in [1.82, 2.24) is 5.43 Å². The molecule has 3 nitrogen and oxygen atoms in total. The van der Waals surface area contributed by atoms with Gasteiger partial charge in [-0.1, -0.05) is 0 Å². The molecule has 1 atom stereocenters. The zero-order valence-electron chi connectivity index (χ0n) is 7.09. The van der Waals surface area contributed by atoms with Gasteiger partial charge in [-0.05, 0) is 30.2 Å². The third-order valence-corrected chi connectivity index (χ3v) is 1.92. The molecule has 13 heavy (non-hydrogen) atoms. The molecule has 1 unspecified atom stereocenters. The van der Waals surface area contributed by atoms with Crippen LogP contribution in [0.15, 0.2) is 16.5 Å². The summed E-state index contributed by atoms with van der Waals surface area (Å²) in [4.78, 5) is 0. The van der Waals surface area contributed by atoms with Crippen molar-refractivity contribution >= 4 is 11.6 Å². The molecular formula is C9H11ClN2O. The summed E-state index contributed by atoms with van der Waals surface area (Å²) in [6, 6.07) is 3.39. The van der Waals surface area contributed by atoms with E-state index in [1.165, 1.54) is 0 Å². The summed E-state index contributed by atoms with van der Waals surface area (Å²) in [6.45, 7) is 0. The highest BCUT2D eigenvalue weighted by Gasteiger charge is 2.12. The van der Waals surface area contributed by atoms with E-state index >= 15 is 0 Å². The van der Waals surface area contributed by atoms with Crippen LogP contribution in [0.3, 0.4) is 0 Å². The second-order valence-electron chi connectivity index (χ2n) is 2.60. The predicted molar refractivity (Wildman–Crippen MR) is 51.8 cm³/mol. The average Bonchev–Trinajstić information content (AvgIpc) is 2.54. The molecule has 0 saturated carbocycles. The Morgan fingerprint density at radius 2 is 2.46 bits per heavy atom. The van der Waals surface area contributed by atoms with Gasteiger partial charge in [0.25, 0.3) is 0 Å². The molecule has 1 heterocycles. The first-order valence-electron chi connectivity index (χ1n) is 3.92. The van der Waals surface area contributed by atoms with Gasteiger partial charge in [0.2, 0.25) is 0 Å². The van der Waals surface area contributed by atoms with Crippen molar-refractivity contribution in [3.63, 3.8) is 0 Å². The number of furan rings is 1. The Balaban J connectivity index is 2.62. The van der Waals surface area contributed by atoms with Gasteiger partial charge in [0.15, 0.2) is 5.22 Å². The van der Waals surface area contributed by atoms with Gasteiger partial charge in [0, 0.05) is 6.42 Å². The lowest BCUT2D eigenvalue weighted by Crippen LogP contribution is -2.27. The summed E-state index contributed by atoms with van der Waals surface area (Å²) in [5.74, 6) is 8.58. The van der Waals surface area contributed by atoms with Crippen LogP contribution in [-0.2, 0) is 0 Å². The molecule has 4 heteroatoms. The molecule has 0 fully saturated rings. The lowest BCUT2D eigenvalue weighted by atomic mass is 10.1. The van der Waals surface area contributed by atoms with Crippen molar-refractivity contribution in [2.24, 2.45) is 5.84 Å². The Labute approximate surface area is 82.2 Å². The molecule has 0 aromatic carbocycles. The predicted octanol–water partition coefficient (Wildman–Crippen LogP) is 1.85. The minimum Gasteiger partial charge on any atom is -0.448 e. The number of terminal acetylenes is 1. The van der Waals surface area contributed by atoms with Gasteiger partial charge in [-0.3, -0.25) is 5.84 Å². The van der Waals surface area contributed by atoms with E-state index in [4.69, 9.17) is 28.3 Å². The van der Waals surface area contributed by atoms with E-state index < -0.39 is 0 Å². The second-order valence-corrected chi connectivity index (χ2v) is 2.98. The molecular weight excluding hydrogens is 188 g/mol. The van der Waals surface area contributed by atoms with Crippen LogP contribution >= 0.6 is 11.6 Å². The van der Waals surface area contributed by atoms with Crippen LogP contribution in [0.4, 0.5) is 0 Å². The number of rotatable bonds is 4. The Bertz CT molecular complexity index is 303. The number of halogens is 1. The van der Waals surface area contributed by atoms with Crippen molar-refractivity contribution in [3.05, 3.63) is 23.1 Å². The SMILES string of the molecule is C#CCCC(NN)c1ccc(Cl)o1. The van der Waals surface area contributed by atoms with Crippen molar-refractivity contribution in [1.29, 1.82) is 0 Å². The number of nitrogens with one attached hydrogen (secondary N) is 1. The zero-order chi connectivity index (χ0) is 9.68. The standard InChI is InChI=1S/C9H11ClN2O/c1-2-3-4-7(12-11)8-5-6-9(10)13-8/h1,5-7,12H,3-4,11H2. The maximum atomic E-state index is 5.62. The highest BCUT2D eigenvalue weighted by molar-refractivity contribution is 6.28. The van der Waals surface area contributed by atoms with Gasteiger partial charge in [0.1, 0.15) is 5.76 Å². The van der Waals surface area contributed by atoms with E-state index in [0.29, 0.717) is 17.4 Å². The van der Waals surface area contributed by atoms with Gasteiger partial charge in [0.05, 0.1) is 6.04 Å². The first-order chi connectivity index (χ1) is 6.27. The van der Waals surface area contributed by atoms with E-state index in [1.807, 2.05) is 0 Å². The Kier molecular flexibility index (Phi) is 3.84. The first-order valence-corrected chi connectivity index (χ1v) is 4.30. The molecule has 0 aliphatic heterocycles. The molecule has 0 aliphatic rings. The first kappa shape index (κ1) is 10.1. The molecule has 0 bridgehead atoms. The summed E-state index contributed by atoms with van der Waals surface area (Å²) in [5.41, 5.74) is 2.62. The molecule has 0 radical (unpaired) electrons. The quantitative estimate of drug-likeness (QED) is 0.441. The zero-order valence-corrected chi connectivity index (χ0v) is 7.84. The van der Waals surface area contributed by atoms with Crippen molar-refractivity contribution in [3.8, 4) is 12.3 Å². The molecule has 0 spiro atoms. The summed E-state index contributed by atoms with van der Waals surface area (Å²) in [5, 5.41) is 0.357. The average molecular weight is 199 g/mol. The summed E-state index contributed by atoms with van der Waals surface area (Å²) in [6.07, 6.45) is 6.52. The van der Waals surface area contributed by atoms with E-state index in [0.717, 1.165) is 6.42 Å².